The third kappa shape index (κ3) is 2.68. The van der Waals surface area contributed by atoms with Crippen molar-refractivity contribution >= 4 is 51.4 Å². The second-order valence-electron chi connectivity index (χ2n) is 4.59. The average molecular weight is 320 g/mol. The molecule has 0 saturated heterocycles. The Kier molecular flexibility index (Phi) is 3.49. The van der Waals surface area contributed by atoms with E-state index >= 15 is 0 Å². The van der Waals surface area contributed by atoms with Crippen LogP contribution >= 0.6 is 23.2 Å². The van der Waals surface area contributed by atoms with Crippen LogP contribution in [0, 0.1) is 0 Å². The van der Waals surface area contributed by atoms with Gasteiger partial charge in [0, 0.05) is 28.4 Å². The van der Waals surface area contributed by atoms with Crippen LogP contribution in [0.25, 0.3) is 10.9 Å². The van der Waals surface area contributed by atoms with Gasteiger partial charge in [0.2, 0.25) is 0 Å². The van der Waals surface area contributed by atoms with Gasteiger partial charge in [-0.1, -0.05) is 23.2 Å². The largest absolute Gasteiger partial charge is 0.396 e. The fourth-order valence-corrected chi connectivity index (χ4v) is 2.54. The van der Waals surface area contributed by atoms with Gasteiger partial charge in [0.25, 0.3) is 5.91 Å². The van der Waals surface area contributed by atoms with Crippen LogP contribution in [0.3, 0.4) is 0 Å². The lowest BCUT2D eigenvalue weighted by Crippen LogP contribution is -2.12. The van der Waals surface area contributed by atoms with Crippen LogP contribution in [0.15, 0.2) is 42.6 Å². The molecule has 106 valence electrons. The number of amides is 1. The molecule has 4 N–H and O–H groups in total. The summed E-state index contributed by atoms with van der Waals surface area (Å²) in [6, 6.07) is 10.5. The van der Waals surface area contributed by atoms with E-state index in [1.165, 1.54) is 12.1 Å². The fourth-order valence-electron chi connectivity index (χ4n) is 2.05. The number of halogens is 2. The number of benzene rings is 2. The molecule has 0 radical (unpaired) electrons. The number of aromatic amines is 1. The monoisotopic (exact) mass is 319 g/mol. The Hall–Kier alpha value is -2.17. The molecule has 4 nitrogen and oxygen atoms in total. The average Bonchev–Trinajstić information content (AvgIpc) is 2.91. The first kappa shape index (κ1) is 13.8. The van der Waals surface area contributed by atoms with E-state index in [0.717, 1.165) is 10.9 Å². The maximum atomic E-state index is 12.2. The molecule has 0 bridgehead atoms. The maximum Gasteiger partial charge on any atom is 0.255 e. The van der Waals surface area contributed by atoms with E-state index in [-0.39, 0.29) is 21.6 Å². The van der Waals surface area contributed by atoms with Gasteiger partial charge in [0.05, 0.1) is 15.7 Å². The smallest absolute Gasteiger partial charge is 0.255 e. The molecule has 0 spiro atoms. The van der Waals surface area contributed by atoms with Crippen molar-refractivity contribution in [1.82, 2.24) is 4.98 Å². The number of fused-ring (bicyclic) bond motifs is 1. The summed E-state index contributed by atoms with van der Waals surface area (Å²) in [5.74, 6) is -0.298. The molecule has 0 saturated carbocycles. The van der Waals surface area contributed by atoms with E-state index in [1.54, 1.807) is 0 Å². The number of nitrogens with two attached hydrogens (primary N) is 1. The summed E-state index contributed by atoms with van der Waals surface area (Å²) in [6.45, 7) is 0. The molecule has 21 heavy (non-hydrogen) atoms. The molecule has 0 unspecified atom stereocenters. The second kappa shape index (κ2) is 5.31. The lowest BCUT2D eigenvalue weighted by atomic mass is 10.1. The van der Waals surface area contributed by atoms with E-state index in [1.807, 2.05) is 30.5 Å². The molecule has 3 aromatic rings. The van der Waals surface area contributed by atoms with E-state index in [0.29, 0.717) is 11.3 Å². The number of hydrogen-bond acceptors (Lipinski definition) is 2. The first-order valence-corrected chi connectivity index (χ1v) is 6.93. The quantitative estimate of drug-likeness (QED) is 0.616. The van der Waals surface area contributed by atoms with Crippen LogP contribution in [0.1, 0.15) is 10.4 Å². The van der Waals surface area contributed by atoms with Crippen molar-refractivity contribution in [3.8, 4) is 0 Å². The maximum absolute atomic E-state index is 12.2. The molecule has 1 amide bonds. The van der Waals surface area contributed by atoms with E-state index in [9.17, 15) is 4.79 Å². The number of carbonyl (C=O) groups excluding carboxylic acids is 1. The molecule has 6 heteroatoms. The predicted molar refractivity (Wildman–Crippen MR) is 87.1 cm³/mol. The zero-order chi connectivity index (χ0) is 15.0. The van der Waals surface area contributed by atoms with Gasteiger partial charge >= 0.3 is 0 Å². The van der Waals surface area contributed by atoms with Crippen molar-refractivity contribution in [2.24, 2.45) is 0 Å². The van der Waals surface area contributed by atoms with Gasteiger partial charge in [-0.2, -0.15) is 0 Å². The Morgan fingerprint density at radius 3 is 2.52 bits per heavy atom. The molecule has 2 aromatic carbocycles. The van der Waals surface area contributed by atoms with Gasteiger partial charge in [-0.05, 0) is 36.4 Å². The molecule has 0 aliphatic carbocycles. The van der Waals surface area contributed by atoms with E-state index < -0.39 is 0 Å². The highest BCUT2D eigenvalue weighted by Gasteiger charge is 2.11. The van der Waals surface area contributed by atoms with Gasteiger partial charge in [0.15, 0.2) is 0 Å². The fraction of sp³-hybridized carbons (Fsp3) is 0. The highest BCUT2D eigenvalue weighted by Crippen LogP contribution is 2.29. The summed E-state index contributed by atoms with van der Waals surface area (Å²) in [6.07, 6.45) is 1.84. The molecule has 0 atom stereocenters. The van der Waals surface area contributed by atoms with Crippen molar-refractivity contribution in [1.29, 1.82) is 0 Å². The molecule has 1 aromatic heterocycles. The number of anilines is 2. The van der Waals surface area contributed by atoms with Crippen LogP contribution in [-0.4, -0.2) is 10.9 Å². The Balaban J connectivity index is 1.88. The van der Waals surface area contributed by atoms with Crippen LogP contribution in [-0.2, 0) is 0 Å². The van der Waals surface area contributed by atoms with Crippen molar-refractivity contribution < 1.29 is 4.79 Å². The number of nitrogen functional groups attached to an aromatic ring is 1. The summed E-state index contributed by atoms with van der Waals surface area (Å²) in [5, 5.41) is 4.33. The Morgan fingerprint density at radius 2 is 1.81 bits per heavy atom. The number of H-pyrrole nitrogens is 1. The third-order valence-corrected chi connectivity index (χ3v) is 3.78. The molecule has 0 fully saturated rings. The minimum Gasteiger partial charge on any atom is -0.396 e. The first-order chi connectivity index (χ1) is 10.0. The lowest BCUT2D eigenvalue weighted by molar-refractivity contribution is 0.102. The number of aromatic nitrogens is 1. The first-order valence-electron chi connectivity index (χ1n) is 6.17. The summed E-state index contributed by atoms with van der Waals surface area (Å²) in [4.78, 5) is 15.3. The molecule has 1 heterocycles. The van der Waals surface area contributed by atoms with Crippen molar-refractivity contribution in [3.05, 3.63) is 58.2 Å². The summed E-state index contributed by atoms with van der Waals surface area (Å²) < 4.78 is 0. The van der Waals surface area contributed by atoms with Gasteiger partial charge in [-0.3, -0.25) is 4.79 Å². The Morgan fingerprint density at radius 1 is 1.10 bits per heavy atom. The zero-order valence-electron chi connectivity index (χ0n) is 10.8. The SMILES string of the molecule is Nc1c(Cl)cc(C(=O)Nc2ccc3[nH]ccc3c2)cc1Cl. The Labute approximate surface area is 130 Å². The van der Waals surface area contributed by atoms with Crippen molar-refractivity contribution in [3.63, 3.8) is 0 Å². The Bertz CT molecular complexity index is 819. The zero-order valence-corrected chi connectivity index (χ0v) is 12.3. The van der Waals surface area contributed by atoms with Crippen LogP contribution in [0.4, 0.5) is 11.4 Å². The minimum absolute atomic E-state index is 0.258. The van der Waals surface area contributed by atoms with Crippen LogP contribution < -0.4 is 11.1 Å². The normalized spacial score (nSPS) is 10.8. The second-order valence-corrected chi connectivity index (χ2v) is 5.40. The minimum atomic E-state index is -0.298. The third-order valence-electron chi connectivity index (χ3n) is 3.15. The molecule has 3 rings (SSSR count). The van der Waals surface area contributed by atoms with Crippen molar-refractivity contribution in [2.45, 2.75) is 0 Å². The number of hydrogen-bond donors (Lipinski definition) is 3. The summed E-state index contributed by atoms with van der Waals surface area (Å²) >= 11 is 11.9. The summed E-state index contributed by atoms with van der Waals surface area (Å²) in [7, 11) is 0. The van der Waals surface area contributed by atoms with Gasteiger partial charge < -0.3 is 16.0 Å². The van der Waals surface area contributed by atoms with E-state index in [2.05, 4.69) is 10.3 Å². The predicted octanol–water partition coefficient (Wildman–Crippen LogP) is 4.31. The standard InChI is InChI=1S/C15H11Cl2N3O/c16-11-6-9(7-12(17)14(11)18)15(21)20-10-1-2-13-8(5-10)3-4-19-13/h1-7,19H,18H2,(H,20,21). The topological polar surface area (TPSA) is 70.9 Å². The van der Waals surface area contributed by atoms with Gasteiger partial charge in [-0.15, -0.1) is 0 Å². The van der Waals surface area contributed by atoms with Crippen LogP contribution in [0.2, 0.25) is 10.0 Å². The lowest BCUT2D eigenvalue weighted by Gasteiger charge is -2.08. The van der Waals surface area contributed by atoms with Crippen LogP contribution in [0.5, 0.6) is 0 Å². The molecule has 0 aliphatic heterocycles. The highest BCUT2D eigenvalue weighted by atomic mass is 35.5. The molecular formula is C15H11Cl2N3O. The molecular weight excluding hydrogens is 309 g/mol. The summed E-state index contributed by atoms with van der Waals surface area (Å²) in [5.41, 5.74) is 7.97. The molecule has 0 aliphatic rings. The number of rotatable bonds is 2. The van der Waals surface area contributed by atoms with Gasteiger partial charge in [0.1, 0.15) is 0 Å². The van der Waals surface area contributed by atoms with Crippen molar-refractivity contribution in [2.75, 3.05) is 11.1 Å². The highest BCUT2D eigenvalue weighted by molar-refractivity contribution is 6.39. The van der Waals surface area contributed by atoms with E-state index in [4.69, 9.17) is 28.9 Å². The number of nitrogens with one attached hydrogen (secondary N) is 2. The number of carbonyl (C=O) groups is 1. The van der Waals surface area contributed by atoms with Gasteiger partial charge in [-0.25, -0.2) is 0 Å².